The van der Waals surface area contributed by atoms with Crippen molar-refractivity contribution < 1.29 is 33.3 Å². The number of hydrogen-bond donors (Lipinski definition) is 0. The van der Waals surface area contributed by atoms with Crippen LogP contribution in [0.1, 0.15) is 72.6 Å². The molecule has 0 spiro atoms. The molecule has 3 saturated carbocycles. The van der Waals surface area contributed by atoms with Gasteiger partial charge in [-0.25, -0.2) is 4.85 Å². The monoisotopic (exact) mass is 545 g/mol. The van der Waals surface area contributed by atoms with Gasteiger partial charge in [-0.05, 0) is 72.5 Å². The normalized spacial score (nSPS) is 42.0. The second-order valence-electron chi connectivity index (χ2n) is 13.0. The van der Waals surface area contributed by atoms with Crippen LogP contribution >= 0.6 is 0 Å². The predicted octanol–water partition coefficient (Wildman–Crippen LogP) is 5.41. The maximum absolute atomic E-state index is 12.8. The summed E-state index contributed by atoms with van der Waals surface area (Å²) in [6.07, 6.45) is 7.07. The molecule has 218 valence electrons. The Balaban J connectivity index is 1.80. The fraction of sp³-hybridized carbons (Fsp3) is 0.839. The number of carbonyl (C=O) groups excluding carboxylic acids is 2. The van der Waals surface area contributed by atoms with E-state index in [1.165, 1.54) is 7.11 Å². The molecule has 0 aromatic carbocycles. The Bertz CT molecular complexity index is 1010. The minimum absolute atomic E-state index is 0.0551. The summed E-state index contributed by atoms with van der Waals surface area (Å²) in [6, 6.07) is 0. The molecular weight excluding hydrogens is 498 g/mol. The second kappa shape index (κ2) is 11.6. The van der Waals surface area contributed by atoms with E-state index in [-0.39, 0.29) is 77.2 Å². The maximum Gasteiger partial charge on any atom is 0.305 e. The van der Waals surface area contributed by atoms with Crippen LogP contribution in [0, 0.1) is 52.4 Å². The van der Waals surface area contributed by atoms with Gasteiger partial charge in [0, 0.05) is 32.5 Å². The number of allylic oxidation sites excluding steroid dienone is 2. The number of nitrogens with zero attached hydrogens (tertiary/aromatic N) is 1. The predicted molar refractivity (Wildman–Crippen MR) is 145 cm³/mol. The van der Waals surface area contributed by atoms with Gasteiger partial charge in [0.2, 0.25) is 5.70 Å². The van der Waals surface area contributed by atoms with Crippen LogP contribution in [0.25, 0.3) is 4.85 Å². The standard InChI is InChI=1S/C31H47NO7/c1-19(9-10-27(34)37-8)21-11-12-30(3)28-22(15-26(31(21,30)4)39-18-36-7)29(2)16-23(32-5)24(33)13-20(29)14-25(28)38-17-35-6/h16,19-22,25-26,28H,9-15,17-18H2,1-4,6-8H3/t19-,20+,21-,22+,25-,26+,28+,29+,30+,31+/m1/s1. The van der Waals surface area contributed by atoms with Crippen molar-refractivity contribution >= 4 is 11.8 Å². The summed E-state index contributed by atoms with van der Waals surface area (Å²) >= 11 is 0. The molecule has 10 atom stereocenters. The third kappa shape index (κ3) is 4.88. The fourth-order valence-electron chi connectivity index (χ4n) is 9.51. The minimum Gasteiger partial charge on any atom is -0.469 e. The van der Waals surface area contributed by atoms with Crippen molar-refractivity contribution in [2.24, 2.45) is 45.8 Å². The van der Waals surface area contributed by atoms with Crippen molar-refractivity contribution in [1.82, 2.24) is 0 Å². The number of rotatable bonds is 10. The van der Waals surface area contributed by atoms with Crippen LogP contribution in [0.15, 0.2) is 11.8 Å². The van der Waals surface area contributed by atoms with Gasteiger partial charge in [0.25, 0.3) is 0 Å². The molecule has 4 aliphatic carbocycles. The summed E-state index contributed by atoms with van der Waals surface area (Å²) in [7, 11) is 4.75. The van der Waals surface area contributed by atoms with E-state index in [4.69, 9.17) is 30.3 Å². The van der Waals surface area contributed by atoms with E-state index in [0.717, 1.165) is 32.1 Å². The summed E-state index contributed by atoms with van der Waals surface area (Å²) < 4.78 is 28.8. The molecule has 0 bridgehead atoms. The van der Waals surface area contributed by atoms with E-state index in [1.54, 1.807) is 14.2 Å². The van der Waals surface area contributed by atoms with Gasteiger partial charge in [-0.15, -0.1) is 0 Å². The first kappa shape index (κ1) is 30.2. The lowest BCUT2D eigenvalue weighted by Crippen LogP contribution is -2.66. The number of fused-ring (bicyclic) bond motifs is 5. The average molecular weight is 546 g/mol. The number of carbonyl (C=O) groups is 2. The van der Waals surface area contributed by atoms with Gasteiger partial charge in [-0.1, -0.05) is 33.8 Å². The first-order valence-corrected chi connectivity index (χ1v) is 14.4. The highest BCUT2D eigenvalue weighted by Gasteiger charge is 2.71. The smallest absolute Gasteiger partial charge is 0.305 e. The number of hydrogen-bond acceptors (Lipinski definition) is 7. The van der Waals surface area contributed by atoms with Crippen molar-refractivity contribution in [3.05, 3.63) is 23.2 Å². The summed E-state index contributed by atoms with van der Waals surface area (Å²) in [6.45, 7) is 17.4. The molecule has 8 heteroatoms. The summed E-state index contributed by atoms with van der Waals surface area (Å²) in [5.74, 6) is 0.916. The van der Waals surface area contributed by atoms with E-state index in [1.807, 2.05) is 6.08 Å². The molecule has 4 aliphatic rings. The number of methoxy groups -OCH3 is 3. The summed E-state index contributed by atoms with van der Waals surface area (Å²) in [5, 5.41) is 0. The van der Waals surface area contributed by atoms with Crippen LogP contribution in [0.5, 0.6) is 0 Å². The Labute approximate surface area is 233 Å². The highest BCUT2D eigenvalue weighted by atomic mass is 16.7. The third-order valence-electron chi connectivity index (χ3n) is 11.7. The highest BCUT2D eigenvalue weighted by Crippen LogP contribution is 2.74. The molecule has 0 heterocycles. The van der Waals surface area contributed by atoms with Gasteiger partial charge in [-0.3, -0.25) is 4.79 Å². The Morgan fingerprint density at radius 1 is 1.13 bits per heavy atom. The van der Waals surface area contributed by atoms with E-state index in [9.17, 15) is 9.59 Å². The molecule has 8 nitrogen and oxygen atoms in total. The maximum atomic E-state index is 12.8. The molecule has 0 amide bonds. The molecule has 0 aromatic heterocycles. The van der Waals surface area contributed by atoms with Crippen molar-refractivity contribution in [3.8, 4) is 0 Å². The number of ketones is 1. The molecule has 0 aromatic rings. The Kier molecular flexibility index (Phi) is 8.97. The molecule has 0 aliphatic heterocycles. The number of ether oxygens (including phenoxy) is 5. The van der Waals surface area contributed by atoms with E-state index < -0.39 is 0 Å². The quantitative estimate of drug-likeness (QED) is 0.206. The molecule has 0 unspecified atom stereocenters. The molecule has 0 N–H and O–H groups in total. The molecular formula is C31H47NO7. The SMILES string of the molecule is [C-]#[N+]C1=C[C@@]2(C)[C@@H](CC1=O)C[C@@H](OCOC)[C@@H]1[C@@H]2C[C@H](OCOC)[C@]2(C)[C@@H]([C@H](C)CCC(=O)OC)CC[C@@]12C. The first-order valence-electron chi connectivity index (χ1n) is 14.4. The summed E-state index contributed by atoms with van der Waals surface area (Å²) in [4.78, 5) is 28.5. The zero-order valence-corrected chi connectivity index (χ0v) is 24.8. The van der Waals surface area contributed by atoms with Crippen LogP contribution in [0.3, 0.4) is 0 Å². The van der Waals surface area contributed by atoms with Crippen LogP contribution in [-0.4, -0.2) is 58.9 Å². The lowest BCUT2D eigenvalue weighted by Gasteiger charge is -2.67. The third-order valence-corrected chi connectivity index (χ3v) is 11.7. The molecule has 4 rings (SSSR count). The fourth-order valence-corrected chi connectivity index (χ4v) is 9.51. The van der Waals surface area contributed by atoms with Gasteiger partial charge in [-0.2, -0.15) is 0 Å². The van der Waals surface area contributed by atoms with E-state index in [0.29, 0.717) is 24.7 Å². The van der Waals surface area contributed by atoms with E-state index in [2.05, 4.69) is 32.5 Å². The molecule has 39 heavy (non-hydrogen) atoms. The van der Waals surface area contributed by atoms with Crippen molar-refractivity contribution in [2.45, 2.75) is 84.8 Å². The lowest BCUT2D eigenvalue weighted by molar-refractivity contribution is -0.262. The van der Waals surface area contributed by atoms with Crippen molar-refractivity contribution in [2.75, 3.05) is 34.9 Å². The zero-order valence-electron chi connectivity index (χ0n) is 24.8. The Morgan fingerprint density at radius 2 is 1.82 bits per heavy atom. The van der Waals surface area contributed by atoms with Gasteiger partial charge in [0.15, 0.2) is 5.78 Å². The van der Waals surface area contributed by atoms with Gasteiger partial charge < -0.3 is 28.5 Å². The number of Topliss-reactive ketones (excluding diaryl/α,β-unsaturated/α-hetero) is 1. The van der Waals surface area contributed by atoms with Gasteiger partial charge in [0.1, 0.15) is 13.6 Å². The lowest BCUT2D eigenvalue weighted by atomic mass is 9.39. The molecule has 0 saturated heterocycles. The van der Waals surface area contributed by atoms with Gasteiger partial charge >= 0.3 is 5.97 Å². The largest absolute Gasteiger partial charge is 0.469 e. The van der Waals surface area contributed by atoms with E-state index >= 15 is 0 Å². The van der Waals surface area contributed by atoms with Crippen molar-refractivity contribution in [3.63, 3.8) is 0 Å². The highest BCUT2D eigenvalue weighted by molar-refractivity contribution is 5.98. The topological polar surface area (TPSA) is 84.7 Å². The summed E-state index contributed by atoms with van der Waals surface area (Å²) in [5.41, 5.74) is -0.341. The van der Waals surface area contributed by atoms with Crippen LogP contribution in [0.4, 0.5) is 0 Å². The second-order valence-corrected chi connectivity index (χ2v) is 13.0. The zero-order chi connectivity index (χ0) is 28.6. The first-order chi connectivity index (χ1) is 18.5. The Morgan fingerprint density at radius 3 is 2.46 bits per heavy atom. The van der Waals surface area contributed by atoms with Gasteiger partial charge in [0.05, 0.1) is 25.9 Å². The average Bonchev–Trinajstić information content (AvgIpc) is 3.20. The van der Waals surface area contributed by atoms with Crippen LogP contribution in [-0.2, 0) is 33.3 Å². The number of esters is 1. The molecule has 0 radical (unpaired) electrons. The van der Waals surface area contributed by atoms with Crippen LogP contribution < -0.4 is 0 Å². The molecule has 3 fully saturated rings. The minimum atomic E-state index is -0.307. The Hall–Kier alpha value is -1.79. The van der Waals surface area contributed by atoms with Crippen molar-refractivity contribution in [1.29, 1.82) is 0 Å². The van der Waals surface area contributed by atoms with Crippen LogP contribution in [0.2, 0.25) is 0 Å².